The average molecular weight is 509 g/mol. The number of amides is 1. The Labute approximate surface area is 211 Å². The van der Waals surface area contributed by atoms with Gasteiger partial charge in [-0.15, -0.1) is 0 Å². The maximum Gasteiger partial charge on any atom is 0.255 e. The summed E-state index contributed by atoms with van der Waals surface area (Å²) in [5.74, 6) is -5.88. The summed E-state index contributed by atoms with van der Waals surface area (Å²) < 4.78 is 5.57. The number of benzene rings is 1. The fourth-order valence-corrected chi connectivity index (χ4v) is 7.30. The SMILES string of the molecule is CN(C)c1cc2ncoc2c2c1C[C@H]1C[C@H]3C4(CCCN4C)C(O)=C(C(N)=O)C(=O)[C@@]3(O)C(=O)C1=C2O. The normalized spacial score (nSPS) is 31.7. The Morgan fingerprint density at radius 2 is 2.00 bits per heavy atom. The van der Waals surface area contributed by atoms with Crippen molar-refractivity contribution in [3.8, 4) is 0 Å². The van der Waals surface area contributed by atoms with Crippen molar-refractivity contribution in [2.24, 2.45) is 17.6 Å². The van der Waals surface area contributed by atoms with Crippen LogP contribution < -0.4 is 10.6 Å². The molecular weight excluding hydrogens is 480 g/mol. The lowest BCUT2D eigenvalue weighted by Crippen LogP contribution is -2.71. The van der Waals surface area contributed by atoms with Gasteiger partial charge in [0.15, 0.2) is 17.6 Å². The van der Waals surface area contributed by atoms with Gasteiger partial charge in [0.2, 0.25) is 11.6 Å². The molecule has 1 saturated heterocycles. The highest BCUT2D eigenvalue weighted by atomic mass is 16.3. The Morgan fingerprint density at radius 1 is 1.27 bits per heavy atom. The highest BCUT2D eigenvalue weighted by Crippen LogP contribution is 2.58. The number of nitrogens with zero attached hydrogens (tertiary/aromatic N) is 3. The smallest absolute Gasteiger partial charge is 0.255 e. The Hall–Kier alpha value is -3.70. The van der Waals surface area contributed by atoms with Gasteiger partial charge in [0.1, 0.15) is 22.6 Å². The number of rotatable bonds is 2. The molecule has 1 spiro atoms. The van der Waals surface area contributed by atoms with Crippen molar-refractivity contribution in [2.75, 3.05) is 32.6 Å². The zero-order chi connectivity index (χ0) is 26.6. The van der Waals surface area contributed by atoms with Crippen LogP contribution in [0.1, 0.15) is 30.4 Å². The van der Waals surface area contributed by atoms with E-state index >= 15 is 0 Å². The van der Waals surface area contributed by atoms with Crippen molar-refractivity contribution in [1.29, 1.82) is 0 Å². The van der Waals surface area contributed by atoms with Crippen molar-refractivity contribution in [3.05, 3.63) is 40.5 Å². The number of Topliss-reactive ketones (excluding diaryl/α,β-unsaturated/α-hetero) is 2. The molecule has 194 valence electrons. The molecule has 1 amide bonds. The number of aliphatic hydroxyl groups excluding tert-OH is 2. The van der Waals surface area contributed by atoms with Crippen LogP contribution in [0.4, 0.5) is 5.69 Å². The summed E-state index contributed by atoms with van der Waals surface area (Å²) in [4.78, 5) is 47.9. The first-order valence-electron chi connectivity index (χ1n) is 12.2. The average Bonchev–Trinajstić information content (AvgIpc) is 3.46. The van der Waals surface area contributed by atoms with Crippen LogP contribution >= 0.6 is 0 Å². The number of fused-ring (bicyclic) bond motifs is 6. The molecule has 2 fully saturated rings. The number of likely N-dealkylation sites (N-methyl/N-ethyl adjacent to an activating group) is 1. The summed E-state index contributed by atoms with van der Waals surface area (Å²) in [6.45, 7) is 0.529. The van der Waals surface area contributed by atoms with E-state index < -0.39 is 51.8 Å². The summed E-state index contributed by atoms with van der Waals surface area (Å²) in [5, 5.41) is 34.8. The van der Waals surface area contributed by atoms with Crippen LogP contribution in [0.25, 0.3) is 16.9 Å². The van der Waals surface area contributed by atoms with E-state index in [2.05, 4.69) is 4.98 Å². The number of anilines is 1. The topological polar surface area (TPSA) is 170 Å². The Balaban J connectivity index is 1.62. The molecule has 6 rings (SSSR count). The highest BCUT2D eigenvalue weighted by Gasteiger charge is 2.70. The second kappa shape index (κ2) is 7.42. The minimum absolute atomic E-state index is 0.0887. The molecule has 4 aliphatic rings. The quantitative estimate of drug-likeness (QED) is 0.339. The first kappa shape index (κ1) is 23.7. The largest absolute Gasteiger partial charge is 0.509 e. The van der Waals surface area contributed by atoms with E-state index in [-0.39, 0.29) is 17.8 Å². The minimum Gasteiger partial charge on any atom is -0.509 e. The van der Waals surface area contributed by atoms with Gasteiger partial charge in [-0.05, 0) is 56.8 Å². The van der Waals surface area contributed by atoms with Gasteiger partial charge in [-0.2, -0.15) is 0 Å². The van der Waals surface area contributed by atoms with Crippen molar-refractivity contribution in [3.63, 3.8) is 0 Å². The third kappa shape index (κ3) is 2.67. The van der Waals surface area contributed by atoms with E-state index in [1.54, 1.807) is 11.9 Å². The molecule has 37 heavy (non-hydrogen) atoms. The zero-order valence-electron chi connectivity index (χ0n) is 20.7. The fraction of sp³-hybridized carbons (Fsp3) is 0.462. The monoisotopic (exact) mass is 508 g/mol. The van der Waals surface area contributed by atoms with E-state index in [9.17, 15) is 29.7 Å². The van der Waals surface area contributed by atoms with Crippen LogP contribution in [0.15, 0.2) is 33.8 Å². The molecule has 1 saturated carbocycles. The molecule has 1 aliphatic heterocycles. The molecule has 1 aromatic heterocycles. The molecule has 11 nitrogen and oxygen atoms in total. The number of hydrogen-bond donors (Lipinski definition) is 4. The Kier molecular flexibility index (Phi) is 4.75. The van der Waals surface area contributed by atoms with Gasteiger partial charge < -0.3 is 30.4 Å². The van der Waals surface area contributed by atoms with Crippen molar-refractivity contribution >= 4 is 40.0 Å². The molecule has 4 atom stereocenters. The molecule has 1 aromatic carbocycles. The van der Waals surface area contributed by atoms with Gasteiger partial charge in [0.25, 0.3) is 5.91 Å². The van der Waals surface area contributed by atoms with E-state index in [0.29, 0.717) is 42.5 Å². The number of carbonyl (C=O) groups excluding carboxylic acids is 3. The second-order valence-electron chi connectivity index (χ2n) is 10.8. The van der Waals surface area contributed by atoms with Crippen LogP contribution in [0, 0.1) is 11.8 Å². The maximum absolute atomic E-state index is 14.1. The summed E-state index contributed by atoms with van der Waals surface area (Å²) in [7, 11) is 5.45. The lowest BCUT2D eigenvalue weighted by molar-refractivity contribution is -0.168. The molecule has 0 bridgehead atoms. The molecule has 2 heterocycles. The molecule has 11 heteroatoms. The van der Waals surface area contributed by atoms with Gasteiger partial charge in [-0.3, -0.25) is 19.3 Å². The first-order chi connectivity index (χ1) is 17.5. The van der Waals surface area contributed by atoms with Gasteiger partial charge in [-0.1, -0.05) is 0 Å². The number of carbonyl (C=O) groups is 3. The molecule has 1 unspecified atom stereocenters. The van der Waals surface area contributed by atoms with E-state index in [1.807, 2.05) is 25.1 Å². The lowest BCUT2D eigenvalue weighted by Gasteiger charge is -2.55. The van der Waals surface area contributed by atoms with Crippen molar-refractivity contribution in [2.45, 2.75) is 36.8 Å². The van der Waals surface area contributed by atoms with Crippen molar-refractivity contribution < 1.29 is 34.1 Å². The third-order valence-corrected chi connectivity index (χ3v) is 8.93. The number of oxazole rings is 1. The van der Waals surface area contributed by atoms with Gasteiger partial charge in [-0.25, -0.2) is 4.98 Å². The summed E-state index contributed by atoms with van der Waals surface area (Å²) in [6, 6.07) is 1.85. The Morgan fingerprint density at radius 3 is 2.62 bits per heavy atom. The number of aromatic nitrogens is 1. The highest BCUT2D eigenvalue weighted by molar-refractivity contribution is 6.33. The van der Waals surface area contributed by atoms with Crippen LogP contribution in [0.2, 0.25) is 0 Å². The minimum atomic E-state index is -2.67. The molecule has 2 aromatic rings. The Bertz CT molecular complexity index is 1490. The number of primary amides is 1. The molecule has 0 radical (unpaired) electrons. The number of aliphatic hydroxyl groups is 3. The number of likely N-dealkylation sites (tertiary alicyclic amines) is 1. The lowest BCUT2D eigenvalue weighted by atomic mass is 9.52. The third-order valence-electron chi connectivity index (χ3n) is 8.93. The van der Waals surface area contributed by atoms with Crippen LogP contribution in [-0.4, -0.2) is 81.5 Å². The van der Waals surface area contributed by atoms with E-state index in [4.69, 9.17) is 10.2 Å². The zero-order valence-corrected chi connectivity index (χ0v) is 20.7. The standard InChI is InChI=1S/C26H28N4O7/c1-29(2)14-9-13-20(37-10-28-13)17-12(14)7-11-8-15-25(5-4-6-30(25)3)21(32)18(24(27)35)23(34)26(15,36)22(33)16(11)19(17)31/h9-11,15,31-32,36H,4-8H2,1-3H3,(H2,27,35)/t11-,15-,25?,26-/m0/s1. The predicted octanol–water partition coefficient (Wildman–Crippen LogP) is 1.000. The van der Waals surface area contributed by atoms with E-state index in [1.165, 1.54) is 6.39 Å². The summed E-state index contributed by atoms with van der Waals surface area (Å²) in [6.07, 6.45) is 2.65. The van der Waals surface area contributed by atoms with Crippen LogP contribution in [0.3, 0.4) is 0 Å². The van der Waals surface area contributed by atoms with Gasteiger partial charge in [0.05, 0.1) is 11.1 Å². The molecule has 5 N–H and O–H groups in total. The number of ketones is 2. The van der Waals surface area contributed by atoms with Crippen LogP contribution in [-0.2, 0) is 20.8 Å². The number of nitrogens with two attached hydrogens (primary N) is 1. The van der Waals surface area contributed by atoms with Gasteiger partial charge >= 0.3 is 0 Å². The predicted molar refractivity (Wildman–Crippen MR) is 132 cm³/mol. The number of hydrogen-bond acceptors (Lipinski definition) is 10. The summed E-state index contributed by atoms with van der Waals surface area (Å²) >= 11 is 0. The summed E-state index contributed by atoms with van der Waals surface area (Å²) in [5.41, 5.74) is 3.27. The first-order valence-corrected chi connectivity index (χ1v) is 12.2. The second-order valence-corrected chi connectivity index (χ2v) is 10.8. The molecular formula is C26H28N4O7. The maximum atomic E-state index is 14.1. The fourth-order valence-electron chi connectivity index (χ4n) is 7.30. The van der Waals surface area contributed by atoms with Crippen molar-refractivity contribution in [1.82, 2.24) is 9.88 Å². The van der Waals surface area contributed by atoms with Crippen LogP contribution in [0.5, 0.6) is 0 Å². The molecule has 3 aliphatic carbocycles. The van der Waals surface area contributed by atoms with Gasteiger partial charge in [0, 0.05) is 31.3 Å². The van der Waals surface area contributed by atoms with E-state index in [0.717, 1.165) is 11.3 Å².